The summed E-state index contributed by atoms with van der Waals surface area (Å²) in [6, 6.07) is 10.1. The van der Waals surface area contributed by atoms with Gasteiger partial charge >= 0.3 is 0 Å². The number of aryl methyl sites for hydroxylation is 1. The molecule has 3 aromatic rings. The van der Waals surface area contributed by atoms with Crippen molar-refractivity contribution in [2.45, 2.75) is 39.5 Å². The van der Waals surface area contributed by atoms with E-state index in [1.165, 1.54) is 16.9 Å². The maximum Gasteiger partial charge on any atom is 0.263 e. The van der Waals surface area contributed by atoms with Crippen LogP contribution in [0.25, 0.3) is 0 Å². The number of hydrogen-bond donors (Lipinski definition) is 1. The van der Waals surface area contributed by atoms with E-state index in [0.29, 0.717) is 29.6 Å². The van der Waals surface area contributed by atoms with E-state index in [0.717, 1.165) is 17.1 Å². The van der Waals surface area contributed by atoms with Crippen LogP contribution in [0.4, 0.5) is 0 Å². The minimum atomic E-state index is -0.108. The highest BCUT2D eigenvalue weighted by Crippen LogP contribution is 2.20. The van der Waals surface area contributed by atoms with Crippen molar-refractivity contribution in [3.63, 3.8) is 0 Å². The fourth-order valence-corrected chi connectivity index (χ4v) is 3.49. The Morgan fingerprint density at radius 1 is 1.23 bits per heavy atom. The third-order valence-electron chi connectivity index (χ3n) is 3.87. The normalized spacial score (nSPS) is 11.1. The van der Waals surface area contributed by atoms with Crippen LogP contribution in [0.1, 0.15) is 57.4 Å². The maximum absolute atomic E-state index is 12.4. The van der Waals surface area contributed by atoms with Gasteiger partial charge in [0.05, 0.1) is 10.7 Å². The number of carbonyl (C=O) groups is 1. The molecular formula is C19H22N4O2S. The molecule has 0 aliphatic heterocycles. The highest BCUT2D eigenvalue weighted by molar-refractivity contribution is 7.13. The molecule has 1 aromatic carbocycles. The molecule has 2 heterocycles. The predicted molar refractivity (Wildman–Crippen MR) is 101 cm³/mol. The summed E-state index contributed by atoms with van der Waals surface area (Å²) < 4.78 is 5.19. The maximum atomic E-state index is 12.4. The van der Waals surface area contributed by atoms with Gasteiger partial charge in [-0.05, 0) is 12.5 Å². The predicted octanol–water partition coefficient (Wildman–Crippen LogP) is 3.52. The number of nitrogens with zero attached hydrogens (tertiary/aromatic N) is 3. The van der Waals surface area contributed by atoms with E-state index < -0.39 is 0 Å². The Morgan fingerprint density at radius 3 is 2.69 bits per heavy atom. The van der Waals surface area contributed by atoms with Crippen molar-refractivity contribution >= 4 is 17.2 Å². The zero-order chi connectivity index (χ0) is 18.5. The van der Waals surface area contributed by atoms with Crippen LogP contribution in [-0.4, -0.2) is 27.6 Å². The molecule has 3 rings (SSSR count). The van der Waals surface area contributed by atoms with Gasteiger partial charge in [0, 0.05) is 25.3 Å². The third-order valence-corrected chi connectivity index (χ3v) is 5.03. The Balaban J connectivity index is 1.56. The SMILES string of the molecule is Cc1nc(Cc2ccccc2)sc1C(=O)NCCc1nc(C(C)C)no1. The van der Waals surface area contributed by atoms with Gasteiger partial charge in [0.25, 0.3) is 5.91 Å². The molecule has 0 saturated heterocycles. The first-order chi connectivity index (χ1) is 12.5. The van der Waals surface area contributed by atoms with E-state index in [2.05, 4.69) is 32.6 Å². The summed E-state index contributed by atoms with van der Waals surface area (Å²) in [4.78, 5) is 21.9. The van der Waals surface area contributed by atoms with E-state index in [1.54, 1.807) is 0 Å². The molecule has 1 amide bonds. The van der Waals surface area contributed by atoms with Gasteiger partial charge in [-0.25, -0.2) is 4.98 Å². The van der Waals surface area contributed by atoms with Gasteiger partial charge in [0.15, 0.2) is 5.82 Å². The highest BCUT2D eigenvalue weighted by atomic mass is 32.1. The second kappa shape index (κ2) is 8.23. The Labute approximate surface area is 156 Å². The number of carbonyl (C=O) groups excluding carboxylic acids is 1. The van der Waals surface area contributed by atoms with Crippen LogP contribution in [0.2, 0.25) is 0 Å². The number of nitrogens with one attached hydrogen (secondary N) is 1. The molecule has 0 aliphatic carbocycles. The number of thiazole rings is 1. The van der Waals surface area contributed by atoms with Gasteiger partial charge in [0.2, 0.25) is 5.89 Å². The van der Waals surface area contributed by atoms with Gasteiger partial charge in [-0.1, -0.05) is 49.3 Å². The van der Waals surface area contributed by atoms with E-state index in [4.69, 9.17) is 4.52 Å². The zero-order valence-electron chi connectivity index (χ0n) is 15.2. The molecule has 1 N–H and O–H groups in total. The van der Waals surface area contributed by atoms with E-state index in [-0.39, 0.29) is 11.8 Å². The zero-order valence-corrected chi connectivity index (χ0v) is 16.0. The van der Waals surface area contributed by atoms with E-state index in [1.807, 2.05) is 39.0 Å². The number of amides is 1. The van der Waals surface area contributed by atoms with Crippen molar-refractivity contribution in [2.24, 2.45) is 0 Å². The quantitative estimate of drug-likeness (QED) is 0.688. The van der Waals surface area contributed by atoms with Crippen LogP contribution < -0.4 is 5.32 Å². The van der Waals surface area contributed by atoms with E-state index in [9.17, 15) is 4.79 Å². The first kappa shape index (κ1) is 18.3. The molecule has 0 bridgehead atoms. The van der Waals surface area contributed by atoms with Crippen molar-refractivity contribution in [3.8, 4) is 0 Å². The molecule has 0 fully saturated rings. The Morgan fingerprint density at radius 2 is 2.00 bits per heavy atom. The first-order valence-corrected chi connectivity index (χ1v) is 9.45. The van der Waals surface area contributed by atoms with Crippen molar-refractivity contribution in [1.82, 2.24) is 20.4 Å². The molecule has 0 atom stereocenters. The summed E-state index contributed by atoms with van der Waals surface area (Å²) in [5, 5.41) is 7.77. The van der Waals surface area contributed by atoms with Crippen LogP contribution in [0.3, 0.4) is 0 Å². The van der Waals surface area contributed by atoms with Gasteiger partial charge in [-0.15, -0.1) is 11.3 Å². The van der Waals surface area contributed by atoms with Gasteiger partial charge < -0.3 is 9.84 Å². The van der Waals surface area contributed by atoms with Gasteiger partial charge in [-0.2, -0.15) is 4.98 Å². The molecule has 26 heavy (non-hydrogen) atoms. The largest absolute Gasteiger partial charge is 0.351 e. The molecule has 0 saturated carbocycles. The molecule has 136 valence electrons. The molecule has 0 radical (unpaired) electrons. The average Bonchev–Trinajstić information content (AvgIpc) is 3.22. The lowest BCUT2D eigenvalue weighted by Gasteiger charge is -2.01. The molecule has 6 nitrogen and oxygen atoms in total. The number of hydrogen-bond acceptors (Lipinski definition) is 6. The lowest BCUT2D eigenvalue weighted by molar-refractivity contribution is 0.0956. The Bertz CT molecular complexity index is 871. The smallest absolute Gasteiger partial charge is 0.263 e. The van der Waals surface area contributed by atoms with E-state index >= 15 is 0 Å². The van der Waals surface area contributed by atoms with Gasteiger partial charge in [0.1, 0.15) is 4.88 Å². The lowest BCUT2D eigenvalue weighted by Crippen LogP contribution is -2.25. The average molecular weight is 370 g/mol. The summed E-state index contributed by atoms with van der Waals surface area (Å²) in [6.07, 6.45) is 1.25. The number of aromatic nitrogens is 3. The van der Waals surface area contributed by atoms with Gasteiger partial charge in [-0.3, -0.25) is 4.79 Å². The molecule has 0 aliphatic rings. The van der Waals surface area contributed by atoms with Crippen LogP contribution in [0.15, 0.2) is 34.9 Å². The first-order valence-electron chi connectivity index (χ1n) is 8.64. The molecule has 7 heteroatoms. The number of rotatable bonds is 7. The topological polar surface area (TPSA) is 80.9 Å². The van der Waals surface area contributed by atoms with Crippen LogP contribution >= 0.6 is 11.3 Å². The monoisotopic (exact) mass is 370 g/mol. The number of benzene rings is 1. The summed E-state index contributed by atoms with van der Waals surface area (Å²) in [5.41, 5.74) is 1.95. The Kier molecular flexibility index (Phi) is 5.78. The van der Waals surface area contributed by atoms with Crippen LogP contribution in [0, 0.1) is 6.92 Å². The summed E-state index contributed by atoms with van der Waals surface area (Å²) in [6.45, 7) is 6.34. The minimum Gasteiger partial charge on any atom is -0.351 e. The van der Waals surface area contributed by atoms with Crippen molar-refractivity contribution < 1.29 is 9.32 Å². The summed E-state index contributed by atoms with van der Waals surface area (Å²) >= 11 is 1.44. The molecule has 0 unspecified atom stereocenters. The van der Waals surface area contributed by atoms with Crippen molar-refractivity contribution in [1.29, 1.82) is 0 Å². The van der Waals surface area contributed by atoms with Crippen LogP contribution in [-0.2, 0) is 12.8 Å². The van der Waals surface area contributed by atoms with Crippen molar-refractivity contribution in [2.75, 3.05) is 6.54 Å². The second-order valence-electron chi connectivity index (χ2n) is 6.39. The molecule has 2 aromatic heterocycles. The molecule has 0 spiro atoms. The summed E-state index contributed by atoms with van der Waals surface area (Å²) in [5.74, 6) is 1.35. The standard InChI is InChI=1S/C19H22N4O2S/c1-12(2)18-22-15(25-23-18)9-10-20-19(24)17-13(3)21-16(26-17)11-14-7-5-4-6-8-14/h4-8,12H,9-11H2,1-3H3,(H,20,24). The fraction of sp³-hybridized carbons (Fsp3) is 0.368. The third kappa shape index (κ3) is 4.54. The van der Waals surface area contributed by atoms with Crippen LogP contribution in [0.5, 0.6) is 0 Å². The molecular weight excluding hydrogens is 348 g/mol. The highest BCUT2D eigenvalue weighted by Gasteiger charge is 2.16. The lowest BCUT2D eigenvalue weighted by atomic mass is 10.2. The fourth-order valence-electron chi connectivity index (χ4n) is 2.48. The van der Waals surface area contributed by atoms with Crippen molar-refractivity contribution in [3.05, 3.63) is 63.2 Å². The minimum absolute atomic E-state index is 0.108. The summed E-state index contributed by atoms with van der Waals surface area (Å²) in [7, 11) is 0. The Hall–Kier alpha value is -2.54. The second-order valence-corrected chi connectivity index (χ2v) is 7.48.